The molecule has 0 unspecified atom stereocenters. The predicted molar refractivity (Wildman–Crippen MR) is 109 cm³/mol. The Morgan fingerprint density at radius 1 is 1.00 bits per heavy atom. The third-order valence-corrected chi connectivity index (χ3v) is 5.03. The molecule has 0 bridgehead atoms. The third-order valence-electron chi connectivity index (χ3n) is 5.03. The summed E-state index contributed by atoms with van der Waals surface area (Å²) >= 11 is 0. The third kappa shape index (κ3) is 2.93. The second kappa shape index (κ2) is 6.84. The molecule has 0 amide bonds. The Labute approximate surface area is 169 Å². The van der Waals surface area contributed by atoms with Crippen LogP contribution in [0.5, 0.6) is 0 Å². The summed E-state index contributed by atoms with van der Waals surface area (Å²) in [6, 6.07) is 11.3. The summed E-state index contributed by atoms with van der Waals surface area (Å²) in [5.41, 5.74) is 1.73. The number of rotatable bonds is 3. The number of benzene rings is 2. The molecular weight excluding hydrogens is 388 g/mol. The lowest BCUT2D eigenvalue weighted by atomic mass is 10.00. The van der Waals surface area contributed by atoms with Crippen LogP contribution in [-0.2, 0) is 13.6 Å². The van der Waals surface area contributed by atoms with Gasteiger partial charge in [0.05, 0.1) is 23.9 Å². The van der Waals surface area contributed by atoms with Gasteiger partial charge in [0, 0.05) is 30.4 Å². The zero-order valence-corrected chi connectivity index (χ0v) is 15.9. The molecule has 0 saturated heterocycles. The molecule has 0 aliphatic heterocycles. The van der Waals surface area contributed by atoms with Crippen molar-refractivity contribution in [2.75, 3.05) is 0 Å². The largest absolute Gasteiger partial charge is 0.293 e. The van der Waals surface area contributed by atoms with E-state index < -0.39 is 17.2 Å². The SMILES string of the molecule is Cn1cc2c(-c3cc(F)c(Cn4cnc5cccnc5c4=O)c(F)c3)cccc2n1. The van der Waals surface area contributed by atoms with E-state index in [-0.39, 0.29) is 17.6 Å². The van der Waals surface area contributed by atoms with Gasteiger partial charge in [-0.15, -0.1) is 0 Å². The van der Waals surface area contributed by atoms with Crippen LogP contribution in [0.3, 0.4) is 0 Å². The zero-order valence-electron chi connectivity index (χ0n) is 15.9. The summed E-state index contributed by atoms with van der Waals surface area (Å²) in [7, 11) is 1.79. The van der Waals surface area contributed by atoms with Crippen LogP contribution in [0.25, 0.3) is 33.1 Å². The number of hydrogen-bond donors (Lipinski definition) is 0. The smallest absolute Gasteiger partial charge is 0.280 e. The Bertz CT molecular complexity index is 1470. The Balaban J connectivity index is 1.59. The number of aryl methyl sites for hydroxylation is 1. The van der Waals surface area contributed by atoms with Crippen molar-refractivity contribution in [3.05, 3.63) is 88.7 Å². The zero-order chi connectivity index (χ0) is 20.8. The number of aromatic nitrogens is 5. The fourth-order valence-corrected chi connectivity index (χ4v) is 3.59. The van der Waals surface area contributed by atoms with Crippen LogP contribution in [0.1, 0.15) is 5.56 Å². The normalized spacial score (nSPS) is 11.4. The summed E-state index contributed by atoms with van der Waals surface area (Å²) in [4.78, 5) is 20.8. The van der Waals surface area contributed by atoms with Crippen molar-refractivity contribution in [2.24, 2.45) is 7.05 Å². The van der Waals surface area contributed by atoms with Gasteiger partial charge in [-0.2, -0.15) is 5.10 Å². The number of pyridine rings is 1. The minimum absolute atomic E-state index is 0.153. The first-order chi connectivity index (χ1) is 14.5. The molecule has 0 fully saturated rings. The van der Waals surface area contributed by atoms with Crippen molar-refractivity contribution < 1.29 is 8.78 Å². The highest BCUT2D eigenvalue weighted by Crippen LogP contribution is 2.30. The Hall–Kier alpha value is -3.94. The van der Waals surface area contributed by atoms with Crippen LogP contribution < -0.4 is 5.56 Å². The van der Waals surface area contributed by atoms with Gasteiger partial charge >= 0.3 is 0 Å². The van der Waals surface area contributed by atoms with Crippen LogP contribution in [0.2, 0.25) is 0 Å². The first-order valence-corrected chi connectivity index (χ1v) is 9.22. The predicted octanol–water partition coefficient (Wildman–Crippen LogP) is 3.67. The summed E-state index contributed by atoms with van der Waals surface area (Å²) in [6.45, 7) is -0.284. The van der Waals surface area contributed by atoms with Gasteiger partial charge in [-0.25, -0.2) is 18.7 Å². The highest BCUT2D eigenvalue weighted by Gasteiger charge is 2.16. The van der Waals surface area contributed by atoms with Crippen LogP contribution in [0.15, 0.2) is 66.0 Å². The van der Waals surface area contributed by atoms with Crippen molar-refractivity contribution in [3.8, 4) is 11.1 Å². The number of hydrogen-bond acceptors (Lipinski definition) is 4. The van der Waals surface area contributed by atoms with E-state index in [2.05, 4.69) is 15.1 Å². The minimum Gasteiger partial charge on any atom is -0.293 e. The summed E-state index contributed by atoms with van der Waals surface area (Å²) < 4.78 is 32.6. The molecule has 148 valence electrons. The van der Waals surface area contributed by atoms with Gasteiger partial charge in [-0.05, 0) is 41.5 Å². The van der Waals surface area contributed by atoms with E-state index in [1.54, 1.807) is 36.0 Å². The monoisotopic (exact) mass is 403 g/mol. The minimum atomic E-state index is -0.737. The maximum absolute atomic E-state index is 14.9. The number of nitrogens with zero attached hydrogens (tertiary/aromatic N) is 5. The van der Waals surface area contributed by atoms with E-state index in [4.69, 9.17) is 0 Å². The van der Waals surface area contributed by atoms with Crippen molar-refractivity contribution in [1.82, 2.24) is 24.3 Å². The molecule has 0 saturated carbocycles. The molecule has 0 atom stereocenters. The summed E-state index contributed by atoms with van der Waals surface area (Å²) in [6.07, 6.45) is 4.56. The lowest BCUT2D eigenvalue weighted by Gasteiger charge is -2.11. The Morgan fingerprint density at radius 2 is 1.77 bits per heavy atom. The van der Waals surface area contributed by atoms with Gasteiger partial charge in [0.25, 0.3) is 5.56 Å². The van der Waals surface area contributed by atoms with E-state index in [0.717, 1.165) is 15.5 Å². The molecule has 2 aromatic carbocycles. The molecule has 0 spiro atoms. The van der Waals surface area contributed by atoms with Crippen LogP contribution in [-0.4, -0.2) is 24.3 Å². The molecule has 30 heavy (non-hydrogen) atoms. The molecule has 0 aliphatic carbocycles. The van der Waals surface area contributed by atoms with Gasteiger partial charge in [0.1, 0.15) is 11.6 Å². The highest BCUT2D eigenvalue weighted by atomic mass is 19.1. The van der Waals surface area contributed by atoms with E-state index in [1.807, 2.05) is 12.3 Å². The Morgan fingerprint density at radius 3 is 2.57 bits per heavy atom. The fraction of sp³-hybridized carbons (Fsp3) is 0.0909. The molecule has 8 heteroatoms. The molecule has 0 aliphatic rings. The number of halogens is 2. The molecule has 5 rings (SSSR count). The van der Waals surface area contributed by atoms with E-state index in [0.29, 0.717) is 16.6 Å². The molecule has 5 aromatic rings. The molecule has 0 radical (unpaired) electrons. The summed E-state index contributed by atoms with van der Waals surface area (Å²) in [5.74, 6) is -1.47. The van der Waals surface area contributed by atoms with E-state index >= 15 is 0 Å². The lowest BCUT2D eigenvalue weighted by molar-refractivity contribution is 0.541. The topological polar surface area (TPSA) is 65.6 Å². The second-order valence-electron chi connectivity index (χ2n) is 7.01. The van der Waals surface area contributed by atoms with Crippen molar-refractivity contribution in [2.45, 2.75) is 6.54 Å². The van der Waals surface area contributed by atoms with Gasteiger partial charge in [-0.1, -0.05) is 12.1 Å². The Kier molecular flexibility index (Phi) is 4.13. The average Bonchev–Trinajstić information content (AvgIpc) is 3.12. The van der Waals surface area contributed by atoms with Gasteiger partial charge in [-0.3, -0.25) is 14.0 Å². The molecule has 6 nitrogen and oxygen atoms in total. The quantitative estimate of drug-likeness (QED) is 0.461. The molecule has 3 aromatic heterocycles. The van der Waals surface area contributed by atoms with Crippen LogP contribution >= 0.6 is 0 Å². The van der Waals surface area contributed by atoms with Crippen molar-refractivity contribution in [3.63, 3.8) is 0 Å². The average molecular weight is 403 g/mol. The lowest BCUT2D eigenvalue weighted by Crippen LogP contribution is -2.23. The van der Waals surface area contributed by atoms with Crippen LogP contribution in [0.4, 0.5) is 8.78 Å². The molecule has 3 heterocycles. The first kappa shape index (κ1) is 18.1. The van der Waals surface area contributed by atoms with Gasteiger partial charge in [0.2, 0.25) is 0 Å². The summed E-state index contributed by atoms with van der Waals surface area (Å²) in [5, 5.41) is 5.13. The standard InChI is InChI=1S/C22H15F2N5O/c1-28-10-15-14(4-2-5-19(15)27-28)13-8-17(23)16(18(24)9-13)11-29-12-26-20-6-3-7-25-21(20)22(29)30/h2-10,12H,11H2,1H3. The molecular formula is C22H15F2N5O. The van der Waals surface area contributed by atoms with E-state index in [1.165, 1.54) is 24.7 Å². The van der Waals surface area contributed by atoms with E-state index in [9.17, 15) is 13.6 Å². The van der Waals surface area contributed by atoms with Crippen LogP contribution in [0, 0.1) is 11.6 Å². The maximum Gasteiger partial charge on any atom is 0.280 e. The maximum atomic E-state index is 14.9. The highest BCUT2D eigenvalue weighted by molar-refractivity contribution is 5.94. The first-order valence-electron chi connectivity index (χ1n) is 9.22. The van der Waals surface area contributed by atoms with Gasteiger partial charge < -0.3 is 0 Å². The fourth-order valence-electron chi connectivity index (χ4n) is 3.59. The van der Waals surface area contributed by atoms with Crippen molar-refractivity contribution in [1.29, 1.82) is 0 Å². The number of fused-ring (bicyclic) bond motifs is 2. The van der Waals surface area contributed by atoms with Gasteiger partial charge in [0.15, 0.2) is 5.52 Å². The second-order valence-corrected chi connectivity index (χ2v) is 7.01. The van der Waals surface area contributed by atoms with Crippen molar-refractivity contribution >= 4 is 21.9 Å². The molecule has 0 N–H and O–H groups in total.